The van der Waals surface area contributed by atoms with Gasteiger partial charge in [0.1, 0.15) is 0 Å². The van der Waals surface area contributed by atoms with E-state index in [9.17, 15) is 9.90 Å². The first-order valence-electron chi connectivity index (χ1n) is 7.86. The molecule has 1 aliphatic rings. The Labute approximate surface area is 140 Å². The lowest BCUT2D eigenvalue weighted by molar-refractivity contribution is -0.124. The van der Waals surface area contributed by atoms with Gasteiger partial charge < -0.3 is 10.8 Å². The fourth-order valence-corrected chi connectivity index (χ4v) is 3.16. The number of benzene rings is 2. The van der Waals surface area contributed by atoms with Crippen molar-refractivity contribution in [1.82, 2.24) is 4.90 Å². The van der Waals surface area contributed by atoms with Gasteiger partial charge >= 0.3 is 0 Å². The molecule has 122 valence electrons. The highest BCUT2D eigenvalue weighted by atomic mass is 16.3. The van der Waals surface area contributed by atoms with Gasteiger partial charge in [0, 0.05) is 13.1 Å². The van der Waals surface area contributed by atoms with Crippen molar-refractivity contribution in [1.29, 1.82) is 5.26 Å². The van der Waals surface area contributed by atoms with Gasteiger partial charge in [-0.2, -0.15) is 5.26 Å². The number of hydrogen-bond acceptors (Lipinski definition) is 4. The van der Waals surface area contributed by atoms with E-state index in [0.717, 1.165) is 16.7 Å². The van der Waals surface area contributed by atoms with Crippen LogP contribution in [0.3, 0.4) is 0 Å². The number of β-amino-alcohol motifs (C(OH)–C–C–N with tert-alkyl or cyclic N) is 1. The van der Waals surface area contributed by atoms with Crippen LogP contribution < -0.4 is 5.73 Å². The molecule has 1 heterocycles. The normalized spacial score (nSPS) is 18.4. The lowest BCUT2D eigenvalue weighted by Crippen LogP contribution is -2.49. The van der Waals surface area contributed by atoms with Crippen LogP contribution in [0, 0.1) is 11.3 Å². The maximum Gasteiger partial charge on any atom is 0.235 e. The molecular weight excluding hydrogens is 302 g/mol. The highest BCUT2D eigenvalue weighted by Crippen LogP contribution is 2.26. The van der Waals surface area contributed by atoms with Crippen LogP contribution in [0.15, 0.2) is 48.5 Å². The Morgan fingerprint density at radius 2 is 1.92 bits per heavy atom. The second-order valence-corrected chi connectivity index (χ2v) is 6.07. The predicted octanol–water partition coefficient (Wildman–Crippen LogP) is 1.50. The van der Waals surface area contributed by atoms with Crippen molar-refractivity contribution in [2.45, 2.75) is 25.1 Å². The van der Waals surface area contributed by atoms with Gasteiger partial charge in [-0.05, 0) is 35.2 Å². The summed E-state index contributed by atoms with van der Waals surface area (Å²) in [6.07, 6.45) is -0.184. The summed E-state index contributed by atoms with van der Waals surface area (Å²) in [5.74, 6) is -0.378. The van der Waals surface area contributed by atoms with Crippen LogP contribution >= 0.6 is 0 Å². The minimum absolute atomic E-state index is 0.313. The van der Waals surface area contributed by atoms with E-state index >= 15 is 0 Å². The summed E-state index contributed by atoms with van der Waals surface area (Å²) in [5, 5.41) is 19.4. The molecule has 2 aromatic rings. The lowest BCUT2D eigenvalue weighted by Gasteiger charge is -2.36. The van der Waals surface area contributed by atoms with Gasteiger partial charge in [-0.25, -0.2) is 0 Å². The van der Waals surface area contributed by atoms with E-state index in [1.807, 2.05) is 29.2 Å². The molecule has 24 heavy (non-hydrogen) atoms. The number of nitrogens with two attached hydrogens (primary N) is 1. The smallest absolute Gasteiger partial charge is 0.235 e. The molecule has 1 aliphatic heterocycles. The number of primary amides is 1. The van der Waals surface area contributed by atoms with Gasteiger partial charge in [-0.1, -0.05) is 36.4 Å². The summed E-state index contributed by atoms with van der Waals surface area (Å²) in [6, 6.07) is 16.4. The summed E-state index contributed by atoms with van der Waals surface area (Å²) in [5.41, 5.74) is 9.12. The molecule has 0 radical (unpaired) electrons. The number of hydrogen-bond donors (Lipinski definition) is 2. The molecule has 0 aromatic heterocycles. The largest absolute Gasteiger partial charge is 0.387 e. The topological polar surface area (TPSA) is 90.3 Å². The molecule has 0 spiro atoms. The van der Waals surface area contributed by atoms with Crippen LogP contribution in [0.5, 0.6) is 0 Å². The van der Waals surface area contributed by atoms with Crippen molar-refractivity contribution in [3.05, 3.63) is 70.8 Å². The molecule has 3 N–H and O–H groups in total. The Kier molecular flexibility index (Phi) is 4.61. The fourth-order valence-electron chi connectivity index (χ4n) is 3.16. The minimum atomic E-state index is -0.746. The summed E-state index contributed by atoms with van der Waals surface area (Å²) in [6.45, 7) is 0.894. The molecule has 2 aromatic carbocycles. The molecule has 3 rings (SSSR count). The number of rotatable bonds is 4. The second-order valence-electron chi connectivity index (χ2n) is 6.07. The van der Waals surface area contributed by atoms with E-state index in [2.05, 4.69) is 6.07 Å². The van der Waals surface area contributed by atoms with E-state index in [0.29, 0.717) is 25.1 Å². The molecule has 2 atom stereocenters. The van der Waals surface area contributed by atoms with Crippen LogP contribution in [0.4, 0.5) is 0 Å². The quantitative estimate of drug-likeness (QED) is 0.893. The Bertz CT molecular complexity index is 780. The van der Waals surface area contributed by atoms with Crippen molar-refractivity contribution < 1.29 is 9.90 Å². The van der Waals surface area contributed by atoms with E-state index < -0.39 is 12.1 Å². The van der Waals surface area contributed by atoms with Crippen molar-refractivity contribution in [2.75, 3.05) is 6.54 Å². The van der Waals surface area contributed by atoms with Crippen molar-refractivity contribution in [3.8, 4) is 6.07 Å². The summed E-state index contributed by atoms with van der Waals surface area (Å²) in [7, 11) is 0. The molecule has 0 bridgehead atoms. The van der Waals surface area contributed by atoms with Gasteiger partial charge in [0.25, 0.3) is 0 Å². The van der Waals surface area contributed by atoms with Crippen LogP contribution in [0.2, 0.25) is 0 Å². The summed E-state index contributed by atoms with van der Waals surface area (Å²) in [4.78, 5) is 13.8. The van der Waals surface area contributed by atoms with Gasteiger partial charge in [-0.3, -0.25) is 9.69 Å². The van der Waals surface area contributed by atoms with Crippen LogP contribution in [0.25, 0.3) is 0 Å². The Hall–Kier alpha value is -2.68. The number of aliphatic hydroxyl groups is 1. The molecule has 1 unspecified atom stereocenters. The number of amides is 1. The van der Waals surface area contributed by atoms with Gasteiger partial charge in [-0.15, -0.1) is 0 Å². The zero-order chi connectivity index (χ0) is 17.1. The summed E-state index contributed by atoms with van der Waals surface area (Å²) >= 11 is 0. The molecule has 5 heteroatoms. The zero-order valence-electron chi connectivity index (χ0n) is 13.2. The molecule has 5 nitrogen and oxygen atoms in total. The molecule has 0 saturated carbocycles. The predicted molar refractivity (Wildman–Crippen MR) is 89.7 cm³/mol. The molecule has 0 fully saturated rings. The average molecular weight is 321 g/mol. The molecule has 1 amide bonds. The third-order valence-electron chi connectivity index (χ3n) is 4.51. The monoisotopic (exact) mass is 321 g/mol. The third kappa shape index (κ3) is 3.30. The number of nitrogens with zero attached hydrogens (tertiary/aromatic N) is 2. The van der Waals surface area contributed by atoms with Crippen LogP contribution in [-0.4, -0.2) is 28.5 Å². The molecular formula is C19H19N3O2. The van der Waals surface area contributed by atoms with E-state index in [1.54, 1.807) is 24.3 Å². The maximum absolute atomic E-state index is 11.8. The number of fused-ring (bicyclic) bond motifs is 1. The summed E-state index contributed by atoms with van der Waals surface area (Å²) < 4.78 is 0. The highest BCUT2D eigenvalue weighted by Gasteiger charge is 2.31. The lowest BCUT2D eigenvalue weighted by atomic mass is 9.93. The van der Waals surface area contributed by atoms with Crippen LogP contribution in [-0.2, 0) is 17.8 Å². The van der Waals surface area contributed by atoms with Crippen molar-refractivity contribution in [2.24, 2.45) is 5.73 Å². The SMILES string of the molecule is N#Cc1ccc(C(O)CN2Cc3ccccc3C[C@H]2C(N)=O)cc1. The number of carbonyl (C=O) groups excluding carboxylic acids is 1. The first-order valence-corrected chi connectivity index (χ1v) is 7.86. The minimum Gasteiger partial charge on any atom is -0.387 e. The fraction of sp³-hybridized carbons (Fsp3) is 0.263. The maximum atomic E-state index is 11.8. The average Bonchev–Trinajstić information content (AvgIpc) is 2.61. The van der Waals surface area contributed by atoms with Crippen LogP contribution in [0.1, 0.15) is 28.4 Å². The third-order valence-corrected chi connectivity index (χ3v) is 4.51. The van der Waals surface area contributed by atoms with Gasteiger partial charge in [0.05, 0.1) is 23.8 Å². The zero-order valence-corrected chi connectivity index (χ0v) is 13.2. The van der Waals surface area contributed by atoms with Crippen molar-refractivity contribution in [3.63, 3.8) is 0 Å². The number of aliphatic hydroxyl groups excluding tert-OH is 1. The Balaban J connectivity index is 1.79. The van der Waals surface area contributed by atoms with Gasteiger partial charge in [0.2, 0.25) is 5.91 Å². The van der Waals surface area contributed by atoms with E-state index in [-0.39, 0.29) is 5.91 Å². The van der Waals surface area contributed by atoms with E-state index in [4.69, 9.17) is 11.0 Å². The number of nitriles is 1. The van der Waals surface area contributed by atoms with E-state index in [1.165, 1.54) is 0 Å². The molecule has 0 saturated heterocycles. The Morgan fingerprint density at radius 1 is 1.25 bits per heavy atom. The first kappa shape index (κ1) is 16.2. The number of carbonyl (C=O) groups is 1. The van der Waals surface area contributed by atoms with Gasteiger partial charge in [0.15, 0.2) is 0 Å². The molecule has 0 aliphatic carbocycles. The Morgan fingerprint density at radius 3 is 2.54 bits per heavy atom. The second kappa shape index (κ2) is 6.83. The highest BCUT2D eigenvalue weighted by molar-refractivity contribution is 5.80. The first-order chi connectivity index (χ1) is 11.6. The van der Waals surface area contributed by atoms with Crippen molar-refractivity contribution >= 4 is 5.91 Å². The standard InChI is InChI=1S/C19H19N3O2/c20-10-13-5-7-14(8-6-13)18(23)12-22-11-16-4-2-1-3-15(16)9-17(22)19(21)24/h1-8,17-18,23H,9,11-12H2,(H2,21,24)/t17-,18?/m0/s1.